The minimum absolute atomic E-state index is 0.713. The monoisotopic (exact) mass is 169 g/mol. The maximum Gasteiger partial charge on any atom is 0.115 e. The smallest absolute Gasteiger partial charge is 0.115 e. The third-order valence-corrected chi connectivity index (χ3v) is 1.54. The topological polar surface area (TPSA) is 37.8 Å². The lowest BCUT2D eigenvalue weighted by Gasteiger charge is -1.98. The number of hydrogen-bond donors (Lipinski definition) is 2. The Labute approximate surface area is 71.7 Å². The number of rotatable bonds is 4. The molecular weight excluding hydrogens is 158 g/mol. The lowest BCUT2D eigenvalue weighted by Crippen LogP contribution is -2.15. The number of hydrogen-bond acceptors (Lipinski definition) is 4. The van der Waals surface area contributed by atoms with Gasteiger partial charge in [0.25, 0.3) is 0 Å². The molecule has 4 heteroatoms. The fourth-order valence-corrected chi connectivity index (χ4v) is 0.920. The van der Waals surface area contributed by atoms with Crippen molar-refractivity contribution in [2.45, 2.75) is 6.42 Å². The fourth-order valence-electron chi connectivity index (χ4n) is 0.761. The molecule has 1 heterocycles. The minimum Gasteiger partial charge on any atom is -0.308 e. The highest BCUT2D eigenvalue weighted by atomic mass is 32.1. The molecule has 60 valence electrons. The summed E-state index contributed by atoms with van der Waals surface area (Å²) in [5, 5.41) is 3.10. The van der Waals surface area contributed by atoms with Gasteiger partial charge in [0, 0.05) is 30.7 Å². The summed E-state index contributed by atoms with van der Waals surface area (Å²) in [5.74, 6) is 0.713. The summed E-state index contributed by atoms with van der Waals surface area (Å²) in [6, 6.07) is 1.92. The highest BCUT2D eigenvalue weighted by molar-refractivity contribution is 7.80. The minimum atomic E-state index is 0.713. The van der Waals surface area contributed by atoms with Crippen LogP contribution in [0.2, 0.25) is 0 Å². The summed E-state index contributed by atoms with van der Waals surface area (Å²) in [7, 11) is 0. The van der Waals surface area contributed by atoms with Crippen molar-refractivity contribution in [3.05, 3.63) is 24.3 Å². The van der Waals surface area contributed by atoms with Crippen molar-refractivity contribution < 1.29 is 0 Å². The predicted molar refractivity (Wildman–Crippen MR) is 47.6 cm³/mol. The van der Waals surface area contributed by atoms with Crippen molar-refractivity contribution in [3.63, 3.8) is 0 Å². The van der Waals surface area contributed by atoms with E-state index in [1.54, 1.807) is 12.5 Å². The first-order valence-electron chi connectivity index (χ1n) is 3.50. The SMILES string of the molecule is SCNCCc1ccncn1. The summed E-state index contributed by atoms with van der Waals surface area (Å²) in [5.41, 5.74) is 1.06. The lowest BCUT2D eigenvalue weighted by atomic mass is 10.3. The average molecular weight is 169 g/mol. The Balaban J connectivity index is 2.28. The van der Waals surface area contributed by atoms with Gasteiger partial charge in [0.2, 0.25) is 0 Å². The highest BCUT2D eigenvalue weighted by Gasteiger charge is 1.90. The molecule has 0 saturated heterocycles. The van der Waals surface area contributed by atoms with E-state index in [4.69, 9.17) is 0 Å². The lowest BCUT2D eigenvalue weighted by molar-refractivity contribution is 0.760. The molecule has 0 spiro atoms. The van der Waals surface area contributed by atoms with E-state index in [1.165, 1.54) is 0 Å². The molecule has 0 amide bonds. The molecule has 0 saturated carbocycles. The molecule has 3 nitrogen and oxygen atoms in total. The number of nitrogens with zero attached hydrogens (tertiary/aromatic N) is 2. The van der Waals surface area contributed by atoms with Crippen molar-refractivity contribution in [2.24, 2.45) is 0 Å². The van der Waals surface area contributed by atoms with Crippen molar-refractivity contribution in [1.82, 2.24) is 15.3 Å². The molecule has 1 aromatic heterocycles. The van der Waals surface area contributed by atoms with Gasteiger partial charge in [-0.1, -0.05) is 0 Å². The molecule has 0 aliphatic carbocycles. The number of thiol groups is 1. The van der Waals surface area contributed by atoms with Crippen LogP contribution in [0.15, 0.2) is 18.6 Å². The van der Waals surface area contributed by atoms with Crippen molar-refractivity contribution in [3.8, 4) is 0 Å². The van der Waals surface area contributed by atoms with E-state index in [-0.39, 0.29) is 0 Å². The van der Waals surface area contributed by atoms with Crippen LogP contribution in [0.25, 0.3) is 0 Å². The molecule has 0 aliphatic rings. The third-order valence-electron chi connectivity index (χ3n) is 1.31. The van der Waals surface area contributed by atoms with E-state index < -0.39 is 0 Å². The van der Waals surface area contributed by atoms with Gasteiger partial charge in [0.05, 0.1) is 0 Å². The first-order valence-corrected chi connectivity index (χ1v) is 4.13. The van der Waals surface area contributed by atoms with Gasteiger partial charge in [-0.05, 0) is 6.07 Å². The van der Waals surface area contributed by atoms with Crippen molar-refractivity contribution in [1.29, 1.82) is 0 Å². The number of aromatic nitrogens is 2. The van der Waals surface area contributed by atoms with E-state index >= 15 is 0 Å². The summed E-state index contributed by atoms with van der Waals surface area (Å²) in [4.78, 5) is 7.90. The Morgan fingerprint density at radius 1 is 1.55 bits per heavy atom. The van der Waals surface area contributed by atoms with E-state index in [1.807, 2.05) is 6.07 Å². The first kappa shape index (κ1) is 8.49. The Morgan fingerprint density at radius 2 is 2.45 bits per heavy atom. The van der Waals surface area contributed by atoms with Crippen LogP contribution in [0.1, 0.15) is 5.69 Å². The second-order valence-electron chi connectivity index (χ2n) is 2.11. The van der Waals surface area contributed by atoms with Crippen LogP contribution in [0.4, 0.5) is 0 Å². The van der Waals surface area contributed by atoms with Crippen LogP contribution in [0.3, 0.4) is 0 Å². The van der Waals surface area contributed by atoms with Crippen molar-refractivity contribution >= 4 is 12.6 Å². The Hall–Kier alpha value is -0.610. The van der Waals surface area contributed by atoms with Crippen LogP contribution < -0.4 is 5.32 Å². The molecule has 0 radical (unpaired) electrons. The van der Waals surface area contributed by atoms with Crippen LogP contribution in [0.5, 0.6) is 0 Å². The maximum atomic E-state index is 4.07. The summed E-state index contributed by atoms with van der Waals surface area (Å²) in [6.45, 7) is 0.917. The molecule has 0 atom stereocenters. The molecule has 1 aromatic rings. The van der Waals surface area contributed by atoms with Crippen molar-refractivity contribution in [2.75, 3.05) is 12.4 Å². The van der Waals surface area contributed by atoms with Gasteiger partial charge in [-0.3, -0.25) is 0 Å². The van der Waals surface area contributed by atoms with Gasteiger partial charge < -0.3 is 5.32 Å². The molecule has 0 aromatic carbocycles. The quantitative estimate of drug-likeness (QED) is 0.391. The first-order chi connectivity index (χ1) is 5.43. The standard InChI is InChI=1S/C7H11N3S/c11-6-9-4-2-7-1-3-8-5-10-7/h1,3,5,9,11H,2,4,6H2. The normalized spacial score (nSPS) is 9.91. The zero-order valence-electron chi connectivity index (χ0n) is 6.20. The molecular formula is C7H11N3S. The molecule has 0 fully saturated rings. The van der Waals surface area contributed by atoms with E-state index in [2.05, 4.69) is 27.9 Å². The number of nitrogens with one attached hydrogen (secondary N) is 1. The highest BCUT2D eigenvalue weighted by Crippen LogP contribution is 1.90. The predicted octanol–water partition coefficient (Wildman–Crippen LogP) is 0.496. The van der Waals surface area contributed by atoms with Crippen LogP contribution in [0, 0.1) is 0 Å². The summed E-state index contributed by atoms with van der Waals surface area (Å²) in [6.07, 6.45) is 4.25. The molecule has 0 aliphatic heterocycles. The van der Waals surface area contributed by atoms with Gasteiger partial charge in [-0.15, -0.1) is 0 Å². The Bertz CT molecular complexity index is 190. The van der Waals surface area contributed by atoms with Crippen LogP contribution in [-0.2, 0) is 6.42 Å². The van der Waals surface area contributed by atoms with Gasteiger partial charge in [-0.25, -0.2) is 9.97 Å². The van der Waals surface area contributed by atoms with E-state index in [9.17, 15) is 0 Å². The average Bonchev–Trinajstić information content (AvgIpc) is 2.07. The largest absolute Gasteiger partial charge is 0.308 e. The molecule has 11 heavy (non-hydrogen) atoms. The summed E-state index contributed by atoms with van der Waals surface area (Å²) >= 11 is 4.02. The molecule has 1 N–H and O–H groups in total. The van der Waals surface area contributed by atoms with E-state index in [0.29, 0.717) is 5.88 Å². The van der Waals surface area contributed by atoms with Gasteiger partial charge in [-0.2, -0.15) is 12.6 Å². The van der Waals surface area contributed by atoms with E-state index in [0.717, 1.165) is 18.7 Å². The van der Waals surface area contributed by atoms with Gasteiger partial charge >= 0.3 is 0 Å². The zero-order valence-corrected chi connectivity index (χ0v) is 7.09. The zero-order chi connectivity index (χ0) is 7.94. The van der Waals surface area contributed by atoms with Crippen LogP contribution in [-0.4, -0.2) is 22.4 Å². The molecule has 0 bridgehead atoms. The summed E-state index contributed by atoms with van der Waals surface area (Å²) < 4.78 is 0. The molecule has 1 rings (SSSR count). The maximum absolute atomic E-state index is 4.07. The van der Waals surface area contributed by atoms with Crippen LogP contribution >= 0.6 is 12.6 Å². The van der Waals surface area contributed by atoms with Gasteiger partial charge in [0.1, 0.15) is 6.33 Å². The second-order valence-corrected chi connectivity index (χ2v) is 2.43. The third kappa shape index (κ3) is 3.34. The molecule has 0 unspecified atom stereocenters. The van der Waals surface area contributed by atoms with Gasteiger partial charge in [0.15, 0.2) is 0 Å². The fraction of sp³-hybridized carbons (Fsp3) is 0.429. The Morgan fingerprint density at radius 3 is 3.09 bits per heavy atom. The second kappa shape index (κ2) is 5.09. The Kier molecular flexibility index (Phi) is 3.93.